The van der Waals surface area contributed by atoms with Crippen LogP contribution in [0.5, 0.6) is 0 Å². The number of carbonyl (C=O) groups excluding carboxylic acids is 1. The second-order valence-corrected chi connectivity index (χ2v) is 9.96. The molecule has 1 amide bonds. The Labute approximate surface area is 161 Å². The number of rotatable bonds is 5. The molecule has 1 heterocycles. The quantitative estimate of drug-likeness (QED) is 0.814. The Bertz CT molecular complexity index is 779. The number of benzene rings is 1. The van der Waals surface area contributed by atoms with Crippen molar-refractivity contribution in [3.8, 4) is 0 Å². The molecule has 27 heavy (non-hydrogen) atoms. The summed E-state index contributed by atoms with van der Waals surface area (Å²) in [5.41, 5.74) is 1.73. The highest BCUT2D eigenvalue weighted by atomic mass is 32.2. The predicted molar refractivity (Wildman–Crippen MR) is 104 cm³/mol. The lowest BCUT2D eigenvalue weighted by atomic mass is 9.77. The number of nitrogens with zero attached hydrogens (tertiary/aromatic N) is 2. The maximum Gasteiger partial charge on any atom is 0.281 e. The molecule has 1 saturated carbocycles. The van der Waals surface area contributed by atoms with Crippen LogP contribution in [0.2, 0.25) is 0 Å². The SMILES string of the molecule is CO[C@H]1C[C@@H]2CN(S(=O)(=O)N(C)C)C[C@@H]2C[C@@H]1NC(=O)c1ccc(C)cc1. The lowest BCUT2D eigenvalue weighted by Gasteiger charge is -2.37. The Morgan fingerprint density at radius 2 is 1.74 bits per heavy atom. The number of fused-ring (bicyclic) bond motifs is 1. The molecule has 8 heteroatoms. The summed E-state index contributed by atoms with van der Waals surface area (Å²) in [4.78, 5) is 12.6. The van der Waals surface area contributed by atoms with Crippen molar-refractivity contribution in [1.29, 1.82) is 0 Å². The Hall–Kier alpha value is -1.48. The number of nitrogens with one attached hydrogen (secondary N) is 1. The van der Waals surface area contributed by atoms with E-state index in [4.69, 9.17) is 4.74 Å². The molecule has 2 fully saturated rings. The standard InChI is InChI=1S/C19H29N3O4S/c1-13-5-7-14(8-6-13)19(23)20-17-9-15-11-22(27(24,25)21(2)3)12-16(15)10-18(17)26-4/h5-8,15-18H,9-12H2,1-4H3,(H,20,23)/t15-,16+,17-,18-/m0/s1. The number of aryl methyl sites for hydroxylation is 1. The molecule has 0 spiro atoms. The fraction of sp³-hybridized carbons (Fsp3) is 0.632. The van der Waals surface area contributed by atoms with Crippen LogP contribution >= 0.6 is 0 Å². The molecule has 1 aromatic rings. The van der Waals surface area contributed by atoms with E-state index < -0.39 is 10.2 Å². The summed E-state index contributed by atoms with van der Waals surface area (Å²) in [5, 5.41) is 3.10. The van der Waals surface area contributed by atoms with Crippen molar-refractivity contribution in [3.63, 3.8) is 0 Å². The first kappa shape index (κ1) is 20.3. The Kier molecular flexibility index (Phi) is 5.90. The van der Waals surface area contributed by atoms with Crippen molar-refractivity contribution in [2.75, 3.05) is 34.3 Å². The fourth-order valence-corrected chi connectivity index (χ4v) is 5.38. The zero-order valence-electron chi connectivity index (χ0n) is 16.4. The summed E-state index contributed by atoms with van der Waals surface area (Å²) in [5.74, 6) is 0.378. The lowest BCUT2D eigenvalue weighted by molar-refractivity contribution is 0.0125. The zero-order chi connectivity index (χ0) is 19.8. The third kappa shape index (κ3) is 4.18. The van der Waals surface area contributed by atoms with E-state index >= 15 is 0 Å². The summed E-state index contributed by atoms with van der Waals surface area (Å²) < 4.78 is 33.4. The van der Waals surface area contributed by atoms with Crippen LogP contribution in [0.15, 0.2) is 24.3 Å². The molecule has 0 radical (unpaired) electrons. The van der Waals surface area contributed by atoms with Crippen LogP contribution in [0.1, 0.15) is 28.8 Å². The van der Waals surface area contributed by atoms with Gasteiger partial charge >= 0.3 is 0 Å². The van der Waals surface area contributed by atoms with Crippen LogP contribution in [-0.2, 0) is 14.9 Å². The van der Waals surface area contributed by atoms with Crippen molar-refractivity contribution < 1.29 is 17.9 Å². The molecule has 1 aromatic carbocycles. The molecule has 2 aliphatic rings. The molecule has 0 bridgehead atoms. The highest BCUT2D eigenvalue weighted by Crippen LogP contribution is 2.38. The number of hydrogen-bond acceptors (Lipinski definition) is 4. The van der Waals surface area contributed by atoms with Gasteiger partial charge in [-0.05, 0) is 43.7 Å². The van der Waals surface area contributed by atoms with Crippen molar-refractivity contribution in [2.45, 2.75) is 31.9 Å². The van der Waals surface area contributed by atoms with Gasteiger partial charge in [-0.3, -0.25) is 4.79 Å². The van der Waals surface area contributed by atoms with Crippen LogP contribution < -0.4 is 5.32 Å². The molecule has 1 saturated heterocycles. The Balaban J connectivity index is 1.69. The molecule has 0 aromatic heterocycles. The van der Waals surface area contributed by atoms with Crippen molar-refractivity contribution in [2.24, 2.45) is 11.8 Å². The van der Waals surface area contributed by atoms with E-state index in [0.717, 1.165) is 18.4 Å². The van der Waals surface area contributed by atoms with Gasteiger partial charge in [0.2, 0.25) is 0 Å². The van der Waals surface area contributed by atoms with Gasteiger partial charge in [0.1, 0.15) is 0 Å². The smallest absolute Gasteiger partial charge is 0.281 e. The second kappa shape index (κ2) is 7.87. The van der Waals surface area contributed by atoms with Gasteiger partial charge in [0.15, 0.2) is 0 Å². The molecule has 1 aliphatic carbocycles. The first-order valence-electron chi connectivity index (χ1n) is 9.30. The first-order valence-corrected chi connectivity index (χ1v) is 10.7. The fourth-order valence-electron chi connectivity index (χ4n) is 4.16. The summed E-state index contributed by atoms with van der Waals surface area (Å²) in [6.07, 6.45) is 1.36. The molecule has 0 unspecified atom stereocenters. The van der Waals surface area contributed by atoms with Gasteiger partial charge in [-0.15, -0.1) is 0 Å². The molecule has 1 N–H and O–H groups in total. The van der Waals surface area contributed by atoms with E-state index in [2.05, 4.69) is 5.32 Å². The maximum atomic E-state index is 12.6. The molecule has 4 atom stereocenters. The van der Waals surface area contributed by atoms with Crippen LogP contribution in [0.4, 0.5) is 0 Å². The molecule has 1 aliphatic heterocycles. The minimum absolute atomic E-state index is 0.109. The summed E-state index contributed by atoms with van der Waals surface area (Å²) in [6, 6.07) is 7.35. The number of ether oxygens (including phenoxy) is 1. The average molecular weight is 396 g/mol. The van der Waals surface area contributed by atoms with Crippen LogP contribution in [0.3, 0.4) is 0 Å². The minimum atomic E-state index is -3.41. The largest absolute Gasteiger partial charge is 0.379 e. The van der Waals surface area contributed by atoms with E-state index in [1.54, 1.807) is 25.5 Å². The van der Waals surface area contributed by atoms with Gasteiger partial charge in [0.25, 0.3) is 16.1 Å². The summed E-state index contributed by atoms with van der Waals surface area (Å²) in [6.45, 7) is 3.00. The van der Waals surface area contributed by atoms with Gasteiger partial charge < -0.3 is 10.1 Å². The highest BCUT2D eigenvalue weighted by Gasteiger charge is 2.46. The highest BCUT2D eigenvalue weighted by molar-refractivity contribution is 7.86. The van der Waals surface area contributed by atoms with E-state index in [-0.39, 0.29) is 29.9 Å². The lowest BCUT2D eigenvalue weighted by Crippen LogP contribution is -2.50. The molecule has 3 rings (SSSR count). The van der Waals surface area contributed by atoms with E-state index in [0.29, 0.717) is 18.7 Å². The van der Waals surface area contributed by atoms with Gasteiger partial charge in [0.05, 0.1) is 12.1 Å². The number of carbonyl (C=O) groups is 1. The van der Waals surface area contributed by atoms with Gasteiger partial charge in [-0.2, -0.15) is 17.0 Å². The van der Waals surface area contributed by atoms with Gasteiger partial charge in [0, 0.05) is 39.9 Å². The van der Waals surface area contributed by atoms with Crippen LogP contribution in [0, 0.1) is 18.8 Å². The van der Waals surface area contributed by atoms with E-state index in [1.807, 2.05) is 31.2 Å². The summed E-state index contributed by atoms with van der Waals surface area (Å²) in [7, 11) is 1.35. The number of hydrogen-bond donors (Lipinski definition) is 1. The molecular weight excluding hydrogens is 366 g/mol. The number of amides is 1. The van der Waals surface area contributed by atoms with Crippen molar-refractivity contribution in [3.05, 3.63) is 35.4 Å². The molecule has 7 nitrogen and oxygen atoms in total. The second-order valence-electron chi connectivity index (χ2n) is 7.82. The van der Waals surface area contributed by atoms with Crippen molar-refractivity contribution >= 4 is 16.1 Å². The predicted octanol–water partition coefficient (Wildman–Crippen LogP) is 1.26. The topological polar surface area (TPSA) is 79.0 Å². The summed E-state index contributed by atoms with van der Waals surface area (Å²) >= 11 is 0. The monoisotopic (exact) mass is 395 g/mol. The van der Waals surface area contributed by atoms with Crippen molar-refractivity contribution in [1.82, 2.24) is 13.9 Å². The Morgan fingerprint density at radius 1 is 1.15 bits per heavy atom. The van der Waals surface area contributed by atoms with Gasteiger partial charge in [-0.1, -0.05) is 17.7 Å². The van der Waals surface area contributed by atoms with E-state index in [1.165, 1.54) is 4.31 Å². The minimum Gasteiger partial charge on any atom is -0.379 e. The molecular formula is C19H29N3O4S. The average Bonchev–Trinajstić information content (AvgIpc) is 3.05. The molecule has 150 valence electrons. The maximum absolute atomic E-state index is 12.6. The Morgan fingerprint density at radius 3 is 2.30 bits per heavy atom. The first-order chi connectivity index (χ1) is 12.7. The third-order valence-electron chi connectivity index (χ3n) is 5.80. The van der Waals surface area contributed by atoms with E-state index in [9.17, 15) is 13.2 Å². The third-order valence-corrected chi connectivity index (χ3v) is 7.68. The normalized spacial score (nSPS) is 28.9. The number of methoxy groups -OCH3 is 1. The van der Waals surface area contributed by atoms with Gasteiger partial charge in [-0.25, -0.2) is 0 Å². The van der Waals surface area contributed by atoms with Crippen LogP contribution in [0.25, 0.3) is 0 Å². The zero-order valence-corrected chi connectivity index (χ0v) is 17.2. The van der Waals surface area contributed by atoms with Crippen LogP contribution in [-0.4, -0.2) is 69.4 Å².